The summed E-state index contributed by atoms with van der Waals surface area (Å²) in [6.07, 6.45) is 8.85. The number of fused-ring (bicyclic) bond motifs is 1. The van der Waals surface area contributed by atoms with Gasteiger partial charge in [0, 0.05) is 5.92 Å². The molecule has 94 valence electrons. The molecule has 0 N–H and O–H groups in total. The molecule has 0 aromatic carbocycles. The molecule has 0 spiro atoms. The van der Waals surface area contributed by atoms with E-state index in [2.05, 4.69) is 26.0 Å². The zero-order valence-corrected chi connectivity index (χ0v) is 11.0. The molecule has 0 saturated carbocycles. The highest BCUT2D eigenvalue weighted by Crippen LogP contribution is 2.35. The smallest absolute Gasteiger partial charge is 0.309 e. The van der Waals surface area contributed by atoms with E-state index in [-0.39, 0.29) is 18.0 Å². The van der Waals surface area contributed by atoms with Crippen LogP contribution in [0.3, 0.4) is 0 Å². The van der Waals surface area contributed by atoms with E-state index >= 15 is 0 Å². The van der Waals surface area contributed by atoms with Crippen LogP contribution in [0.1, 0.15) is 46.5 Å². The van der Waals surface area contributed by atoms with Crippen LogP contribution in [0.2, 0.25) is 0 Å². The van der Waals surface area contributed by atoms with Crippen LogP contribution in [-0.2, 0) is 9.53 Å². The Morgan fingerprint density at radius 1 is 1.24 bits per heavy atom. The molecule has 2 heteroatoms. The van der Waals surface area contributed by atoms with Crippen LogP contribution in [0, 0.1) is 11.8 Å². The molecule has 1 heterocycles. The van der Waals surface area contributed by atoms with Crippen molar-refractivity contribution in [2.45, 2.75) is 52.6 Å². The van der Waals surface area contributed by atoms with E-state index in [1.54, 1.807) is 0 Å². The van der Waals surface area contributed by atoms with Crippen molar-refractivity contribution in [1.29, 1.82) is 0 Å². The van der Waals surface area contributed by atoms with Gasteiger partial charge in [-0.3, -0.25) is 4.79 Å². The summed E-state index contributed by atoms with van der Waals surface area (Å²) >= 11 is 0. The van der Waals surface area contributed by atoms with E-state index in [4.69, 9.17) is 4.74 Å². The molecule has 0 aromatic rings. The molecule has 0 amide bonds. The molecular weight excluding hydrogens is 212 g/mol. The number of rotatable bonds is 0. The maximum absolute atomic E-state index is 11.7. The van der Waals surface area contributed by atoms with Gasteiger partial charge in [-0.1, -0.05) is 24.1 Å². The monoisotopic (exact) mass is 234 g/mol. The first-order valence-electron chi connectivity index (χ1n) is 6.61. The summed E-state index contributed by atoms with van der Waals surface area (Å²) in [6, 6.07) is 0. The molecule has 3 atom stereocenters. The lowest BCUT2D eigenvalue weighted by molar-refractivity contribution is -0.142. The van der Waals surface area contributed by atoms with Gasteiger partial charge in [-0.2, -0.15) is 0 Å². The maximum Gasteiger partial charge on any atom is 0.309 e. The Morgan fingerprint density at radius 3 is 2.76 bits per heavy atom. The standard InChI is InChI=1S/C15H22O2/c1-10-5-4-6-11(2)9-14-13(8-7-10)12(3)15(16)17-14/h5,9,12-14H,4,6-8H2,1-3H3/b10-5-,11-9+/t12-,13-,14+/m0/s1. The van der Waals surface area contributed by atoms with Crippen molar-refractivity contribution in [3.8, 4) is 0 Å². The first-order valence-corrected chi connectivity index (χ1v) is 6.61. The third-order valence-corrected chi connectivity index (χ3v) is 4.04. The van der Waals surface area contributed by atoms with Crippen LogP contribution < -0.4 is 0 Å². The Hall–Kier alpha value is -1.05. The molecule has 1 fully saturated rings. The predicted molar refractivity (Wildman–Crippen MR) is 68.5 cm³/mol. The minimum absolute atomic E-state index is 0.0170. The molecule has 1 aliphatic carbocycles. The van der Waals surface area contributed by atoms with Crippen molar-refractivity contribution in [2.75, 3.05) is 0 Å². The van der Waals surface area contributed by atoms with Crippen LogP contribution in [0.4, 0.5) is 0 Å². The zero-order chi connectivity index (χ0) is 12.4. The molecule has 2 aliphatic rings. The van der Waals surface area contributed by atoms with Crippen LogP contribution in [0.5, 0.6) is 0 Å². The van der Waals surface area contributed by atoms with Crippen LogP contribution in [0.25, 0.3) is 0 Å². The first-order chi connectivity index (χ1) is 8.08. The quantitative estimate of drug-likeness (QED) is 0.472. The van der Waals surface area contributed by atoms with Gasteiger partial charge >= 0.3 is 5.97 Å². The molecule has 1 aliphatic heterocycles. The summed E-state index contributed by atoms with van der Waals surface area (Å²) in [7, 11) is 0. The number of ether oxygens (including phenoxy) is 1. The fraction of sp³-hybridized carbons (Fsp3) is 0.667. The van der Waals surface area contributed by atoms with Crippen molar-refractivity contribution in [2.24, 2.45) is 11.8 Å². The summed E-state index contributed by atoms with van der Waals surface area (Å²) in [5, 5.41) is 0. The van der Waals surface area contributed by atoms with E-state index in [0.29, 0.717) is 5.92 Å². The summed E-state index contributed by atoms with van der Waals surface area (Å²) in [5.74, 6) is 0.389. The second kappa shape index (κ2) is 5.07. The number of hydrogen-bond acceptors (Lipinski definition) is 2. The van der Waals surface area contributed by atoms with E-state index < -0.39 is 0 Å². The lowest BCUT2D eigenvalue weighted by Crippen LogP contribution is -2.18. The van der Waals surface area contributed by atoms with Gasteiger partial charge in [-0.25, -0.2) is 0 Å². The van der Waals surface area contributed by atoms with Crippen molar-refractivity contribution >= 4 is 5.97 Å². The van der Waals surface area contributed by atoms with Gasteiger partial charge in [0.05, 0.1) is 5.92 Å². The van der Waals surface area contributed by atoms with Gasteiger partial charge < -0.3 is 4.74 Å². The van der Waals surface area contributed by atoms with Gasteiger partial charge in [-0.05, 0) is 45.6 Å². The Kier molecular flexibility index (Phi) is 3.70. The van der Waals surface area contributed by atoms with Crippen LogP contribution in [0.15, 0.2) is 23.3 Å². The Morgan fingerprint density at radius 2 is 2.00 bits per heavy atom. The topological polar surface area (TPSA) is 26.3 Å². The Labute approximate surface area is 104 Å². The Balaban J connectivity index is 2.21. The molecule has 0 bridgehead atoms. The van der Waals surface area contributed by atoms with E-state index in [9.17, 15) is 4.79 Å². The zero-order valence-electron chi connectivity index (χ0n) is 11.0. The molecule has 2 nitrogen and oxygen atoms in total. The molecular formula is C15H22O2. The van der Waals surface area contributed by atoms with E-state index in [1.807, 2.05) is 6.92 Å². The van der Waals surface area contributed by atoms with Crippen LogP contribution in [-0.4, -0.2) is 12.1 Å². The van der Waals surface area contributed by atoms with Gasteiger partial charge in [0.25, 0.3) is 0 Å². The second-order valence-electron chi connectivity index (χ2n) is 5.49. The normalized spacial score (nSPS) is 40.6. The minimum Gasteiger partial charge on any atom is -0.458 e. The average molecular weight is 234 g/mol. The Bertz CT molecular complexity index is 365. The molecule has 17 heavy (non-hydrogen) atoms. The van der Waals surface area contributed by atoms with Crippen molar-refractivity contribution in [3.63, 3.8) is 0 Å². The SMILES string of the molecule is C/C1=C/CC/C(C)=C/[C@H]2OC(=O)[C@@H](C)[C@@H]2CC1. The second-order valence-corrected chi connectivity index (χ2v) is 5.49. The largest absolute Gasteiger partial charge is 0.458 e. The molecule has 0 unspecified atom stereocenters. The van der Waals surface area contributed by atoms with Gasteiger partial charge in [0.1, 0.15) is 6.10 Å². The summed E-state index contributed by atoms with van der Waals surface area (Å²) in [6.45, 7) is 6.33. The number of hydrogen-bond donors (Lipinski definition) is 0. The highest BCUT2D eigenvalue weighted by Gasteiger charge is 2.40. The van der Waals surface area contributed by atoms with Gasteiger partial charge in [0.15, 0.2) is 0 Å². The van der Waals surface area contributed by atoms with Crippen molar-refractivity contribution < 1.29 is 9.53 Å². The lowest BCUT2D eigenvalue weighted by atomic mass is 9.85. The number of esters is 1. The summed E-state index contributed by atoms with van der Waals surface area (Å²) in [5.41, 5.74) is 2.79. The molecule has 1 saturated heterocycles. The van der Waals surface area contributed by atoms with Crippen LogP contribution >= 0.6 is 0 Å². The first kappa shape index (κ1) is 12.4. The number of carbonyl (C=O) groups is 1. The number of carbonyl (C=O) groups excluding carboxylic acids is 1. The fourth-order valence-electron chi connectivity index (χ4n) is 2.77. The minimum atomic E-state index is -0.0232. The maximum atomic E-state index is 11.7. The third-order valence-electron chi connectivity index (χ3n) is 4.04. The van der Waals surface area contributed by atoms with Crippen molar-refractivity contribution in [1.82, 2.24) is 0 Å². The van der Waals surface area contributed by atoms with E-state index in [1.165, 1.54) is 11.1 Å². The average Bonchev–Trinajstić information content (AvgIpc) is 2.52. The number of allylic oxidation sites excluding steroid dienone is 3. The third kappa shape index (κ3) is 2.80. The van der Waals surface area contributed by atoms with Gasteiger partial charge in [-0.15, -0.1) is 0 Å². The molecule has 2 rings (SSSR count). The predicted octanol–water partition coefficient (Wildman–Crippen LogP) is 3.63. The highest BCUT2D eigenvalue weighted by atomic mass is 16.6. The summed E-state index contributed by atoms with van der Waals surface area (Å²) < 4.78 is 5.48. The van der Waals surface area contributed by atoms with Crippen molar-refractivity contribution in [3.05, 3.63) is 23.3 Å². The lowest BCUT2D eigenvalue weighted by Gasteiger charge is -2.19. The van der Waals surface area contributed by atoms with Gasteiger partial charge in [0.2, 0.25) is 0 Å². The highest BCUT2D eigenvalue weighted by molar-refractivity contribution is 5.75. The summed E-state index contributed by atoms with van der Waals surface area (Å²) in [4.78, 5) is 11.7. The fourth-order valence-corrected chi connectivity index (χ4v) is 2.77. The van der Waals surface area contributed by atoms with E-state index in [0.717, 1.165) is 25.7 Å². The molecule has 0 radical (unpaired) electrons. The molecule has 0 aromatic heterocycles.